The molecule has 9 heteroatoms. The molecule has 0 radical (unpaired) electrons. The highest BCUT2D eigenvalue weighted by Gasteiger charge is 2.25. The highest BCUT2D eigenvalue weighted by molar-refractivity contribution is 5.69. The first kappa shape index (κ1) is 28.8. The third-order valence-corrected chi connectivity index (χ3v) is 6.11. The molecule has 0 spiro atoms. The molecular weight excluding hydrogens is 478 g/mol. The van der Waals surface area contributed by atoms with Gasteiger partial charge in [-0.15, -0.1) is 6.42 Å². The molecule has 2 aromatic rings. The second kappa shape index (κ2) is 16.8. The third kappa shape index (κ3) is 10.6. The predicted molar refractivity (Wildman–Crippen MR) is 135 cm³/mol. The summed E-state index contributed by atoms with van der Waals surface area (Å²) in [7, 11) is 0. The summed E-state index contributed by atoms with van der Waals surface area (Å²) in [4.78, 5) is 18.3. The number of terminal acetylenes is 1. The maximum absolute atomic E-state index is 12.0. The highest BCUT2D eigenvalue weighted by atomic mass is 17.6. The van der Waals surface area contributed by atoms with Crippen molar-refractivity contribution < 1.29 is 39.2 Å². The third-order valence-electron chi connectivity index (χ3n) is 6.11. The lowest BCUT2D eigenvalue weighted by Gasteiger charge is -2.34. The number of likely N-dealkylation sites (tertiary alicyclic amines) is 1. The van der Waals surface area contributed by atoms with Gasteiger partial charge in [0.25, 0.3) is 0 Å². The van der Waals surface area contributed by atoms with Crippen molar-refractivity contribution in [3.63, 3.8) is 0 Å². The minimum Gasteiger partial charge on any atom is -0.460 e. The highest BCUT2D eigenvalue weighted by Crippen LogP contribution is 2.30. The average molecular weight is 514 g/mol. The van der Waals surface area contributed by atoms with E-state index in [1.54, 1.807) is 0 Å². The van der Waals surface area contributed by atoms with Crippen LogP contribution in [-0.2, 0) is 34.0 Å². The number of nitrogens with zero attached hydrogens (tertiary/aromatic N) is 1. The van der Waals surface area contributed by atoms with Crippen LogP contribution in [0, 0.1) is 12.3 Å². The smallest absolute Gasteiger partial charge is 0.307 e. The molecule has 200 valence electrons. The van der Waals surface area contributed by atoms with E-state index in [-0.39, 0.29) is 30.9 Å². The van der Waals surface area contributed by atoms with Crippen LogP contribution < -0.4 is 0 Å². The van der Waals surface area contributed by atoms with E-state index >= 15 is 0 Å². The lowest BCUT2D eigenvalue weighted by Crippen LogP contribution is -2.39. The topological polar surface area (TPSA) is 95.9 Å². The molecule has 0 aromatic heterocycles. The first-order valence-corrected chi connectivity index (χ1v) is 12.5. The minimum atomic E-state index is -0.114. The monoisotopic (exact) mass is 513 g/mol. The quantitative estimate of drug-likeness (QED) is 0.158. The van der Waals surface area contributed by atoms with Crippen LogP contribution in [-0.4, -0.2) is 67.8 Å². The number of ether oxygens (including phenoxy) is 3. The number of carbonyl (C=O) groups excluding carboxylic acids is 1. The Morgan fingerprint density at radius 1 is 1.03 bits per heavy atom. The SMILES string of the molecule is C#CCOOOO.O=C(CCN1CCC(OC(c2ccccc2)c2ccccc2)CC1)OC1CCOC1. The van der Waals surface area contributed by atoms with Crippen molar-refractivity contribution in [3.8, 4) is 12.3 Å². The zero-order valence-corrected chi connectivity index (χ0v) is 20.9. The Balaban J connectivity index is 0.000000479. The average Bonchev–Trinajstić information content (AvgIpc) is 3.46. The van der Waals surface area contributed by atoms with Gasteiger partial charge in [0.2, 0.25) is 0 Å². The molecule has 2 saturated heterocycles. The van der Waals surface area contributed by atoms with Crippen LogP contribution in [0.1, 0.15) is 42.9 Å². The number of carbonyl (C=O) groups is 1. The first-order chi connectivity index (χ1) is 18.2. The number of benzene rings is 2. The molecule has 1 N–H and O–H groups in total. The maximum atomic E-state index is 12.0. The molecule has 9 nitrogen and oxygen atoms in total. The van der Waals surface area contributed by atoms with Gasteiger partial charge in [0.05, 0.1) is 25.7 Å². The Labute approximate surface area is 218 Å². The molecule has 2 aliphatic rings. The normalized spacial score (nSPS) is 18.1. The summed E-state index contributed by atoms with van der Waals surface area (Å²) in [6, 6.07) is 20.9. The van der Waals surface area contributed by atoms with Gasteiger partial charge < -0.3 is 19.1 Å². The molecule has 4 rings (SSSR count). The number of piperidine rings is 1. The zero-order chi connectivity index (χ0) is 26.1. The van der Waals surface area contributed by atoms with Crippen LogP contribution in [0.15, 0.2) is 60.7 Å². The fourth-order valence-electron chi connectivity index (χ4n) is 4.25. The van der Waals surface area contributed by atoms with Crippen molar-refractivity contribution in [2.24, 2.45) is 0 Å². The second-order valence-corrected chi connectivity index (χ2v) is 8.71. The standard InChI is InChI=1S/C25H31NO4.C3H4O4/c27-24(29-23-14-18-28-19-23)13-17-26-15-11-22(12-16-26)30-25(20-7-3-1-4-8-20)21-9-5-2-6-10-21;1-2-3-5-7-6-4/h1-10,22-23,25H,11-19H2;1,4H,3H2. The fraction of sp³-hybridized carbons (Fsp3) is 0.464. The van der Waals surface area contributed by atoms with Crippen LogP contribution in [0.3, 0.4) is 0 Å². The Bertz CT molecular complexity index is 883. The van der Waals surface area contributed by atoms with Crippen molar-refractivity contribution in [3.05, 3.63) is 71.8 Å². The van der Waals surface area contributed by atoms with E-state index in [4.69, 9.17) is 19.5 Å². The van der Waals surface area contributed by atoms with E-state index in [2.05, 4.69) is 80.7 Å². The summed E-state index contributed by atoms with van der Waals surface area (Å²) in [5.74, 6) is 1.95. The molecule has 0 bridgehead atoms. The number of hydrogen-bond donors (Lipinski definition) is 1. The molecular formula is C28H35NO8. The van der Waals surface area contributed by atoms with Crippen LogP contribution in [0.4, 0.5) is 0 Å². The van der Waals surface area contributed by atoms with Gasteiger partial charge in [-0.1, -0.05) is 66.6 Å². The van der Waals surface area contributed by atoms with Gasteiger partial charge in [0.15, 0.2) is 0 Å². The van der Waals surface area contributed by atoms with Gasteiger partial charge in [-0.05, 0) is 34.0 Å². The summed E-state index contributed by atoms with van der Waals surface area (Å²) in [6.45, 7) is 3.82. The number of hydrogen-bond acceptors (Lipinski definition) is 9. The summed E-state index contributed by atoms with van der Waals surface area (Å²) >= 11 is 0. The van der Waals surface area contributed by atoms with E-state index < -0.39 is 0 Å². The molecule has 0 aliphatic carbocycles. The Morgan fingerprint density at radius 2 is 1.68 bits per heavy atom. The fourth-order valence-corrected chi connectivity index (χ4v) is 4.25. The van der Waals surface area contributed by atoms with Gasteiger partial charge in [0.1, 0.15) is 18.8 Å². The van der Waals surface area contributed by atoms with Gasteiger partial charge in [-0.2, -0.15) is 4.89 Å². The van der Waals surface area contributed by atoms with E-state index in [9.17, 15) is 4.79 Å². The van der Waals surface area contributed by atoms with Crippen molar-refractivity contribution in [1.82, 2.24) is 4.90 Å². The van der Waals surface area contributed by atoms with Gasteiger partial charge in [-0.3, -0.25) is 4.79 Å². The van der Waals surface area contributed by atoms with E-state index in [0.29, 0.717) is 19.6 Å². The Morgan fingerprint density at radius 3 is 2.22 bits per heavy atom. The summed E-state index contributed by atoms with van der Waals surface area (Å²) in [5, 5.41) is 13.9. The van der Waals surface area contributed by atoms with Crippen LogP contribution in [0.25, 0.3) is 0 Å². The first-order valence-electron chi connectivity index (χ1n) is 12.5. The molecule has 2 heterocycles. The van der Waals surface area contributed by atoms with Crippen molar-refractivity contribution in [2.75, 3.05) is 39.5 Å². The van der Waals surface area contributed by atoms with Crippen molar-refractivity contribution >= 4 is 5.97 Å². The van der Waals surface area contributed by atoms with E-state index in [0.717, 1.165) is 38.9 Å². The van der Waals surface area contributed by atoms with Crippen LogP contribution in [0.5, 0.6) is 0 Å². The molecule has 37 heavy (non-hydrogen) atoms. The zero-order valence-electron chi connectivity index (χ0n) is 20.9. The summed E-state index contributed by atoms with van der Waals surface area (Å²) < 4.78 is 17.3. The molecule has 0 saturated carbocycles. The summed E-state index contributed by atoms with van der Waals surface area (Å²) in [6.07, 6.45) is 8.00. The van der Waals surface area contributed by atoms with Gasteiger partial charge >= 0.3 is 5.97 Å². The largest absolute Gasteiger partial charge is 0.460 e. The van der Waals surface area contributed by atoms with Gasteiger partial charge in [0, 0.05) is 26.1 Å². The second-order valence-electron chi connectivity index (χ2n) is 8.71. The Kier molecular flexibility index (Phi) is 13.1. The molecule has 2 aromatic carbocycles. The predicted octanol–water partition coefficient (Wildman–Crippen LogP) is 3.95. The summed E-state index contributed by atoms with van der Waals surface area (Å²) in [5.41, 5.74) is 2.37. The van der Waals surface area contributed by atoms with Gasteiger partial charge in [-0.25, -0.2) is 5.26 Å². The van der Waals surface area contributed by atoms with E-state index in [1.807, 2.05) is 12.1 Å². The number of esters is 1. The van der Waals surface area contributed by atoms with E-state index in [1.165, 1.54) is 11.1 Å². The molecule has 0 amide bonds. The lowest BCUT2D eigenvalue weighted by molar-refractivity contribution is -0.620. The minimum absolute atomic E-state index is 0.0486. The van der Waals surface area contributed by atoms with Crippen LogP contribution >= 0.6 is 0 Å². The lowest BCUT2D eigenvalue weighted by atomic mass is 10.00. The molecule has 1 atom stereocenters. The van der Waals surface area contributed by atoms with Crippen molar-refractivity contribution in [2.45, 2.75) is 44.0 Å². The maximum Gasteiger partial charge on any atom is 0.307 e. The Hall–Kier alpha value is -2.81. The van der Waals surface area contributed by atoms with Crippen LogP contribution in [0.2, 0.25) is 0 Å². The van der Waals surface area contributed by atoms with Crippen molar-refractivity contribution in [1.29, 1.82) is 0 Å². The molecule has 2 fully saturated rings. The number of rotatable bonds is 11. The molecule has 2 aliphatic heterocycles. The molecule has 1 unspecified atom stereocenters.